The SMILES string of the molecule is COC(=O)C(C)CN(C)C(=O)[C@@H](N)CCSC.Cl. The number of carbonyl (C=O) groups is 2. The van der Waals surface area contributed by atoms with Gasteiger partial charge in [-0.1, -0.05) is 6.92 Å². The minimum Gasteiger partial charge on any atom is -0.469 e. The first-order valence-electron chi connectivity index (χ1n) is 5.51. The zero-order valence-corrected chi connectivity index (χ0v) is 13.0. The number of hydrogen-bond acceptors (Lipinski definition) is 5. The van der Waals surface area contributed by atoms with Gasteiger partial charge in [-0.15, -0.1) is 12.4 Å². The fourth-order valence-corrected chi connectivity index (χ4v) is 1.92. The van der Waals surface area contributed by atoms with Gasteiger partial charge in [0.05, 0.1) is 19.1 Å². The monoisotopic (exact) mass is 298 g/mol. The van der Waals surface area contributed by atoms with Gasteiger partial charge < -0.3 is 15.4 Å². The van der Waals surface area contributed by atoms with Crippen molar-refractivity contribution in [3.05, 3.63) is 0 Å². The fraction of sp³-hybridized carbons (Fsp3) is 0.818. The average Bonchev–Trinajstić information content (AvgIpc) is 2.33. The van der Waals surface area contributed by atoms with Crippen LogP contribution in [0.25, 0.3) is 0 Å². The van der Waals surface area contributed by atoms with Crippen molar-refractivity contribution < 1.29 is 14.3 Å². The largest absolute Gasteiger partial charge is 0.469 e. The Morgan fingerprint density at radius 2 is 2.00 bits per heavy atom. The first-order valence-corrected chi connectivity index (χ1v) is 6.90. The maximum absolute atomic E-state index is 11.8. The Kier molecular flexibility index (Phi) is 11.5. The Bertz CT molecular complexity index is 267. The van der Waals surface area contributed by atoms with Crippen LogP contribution in [0, 0.1) is 5.92 Å². The molecule has 2 N–H and O–H groups in total. The van der Waals surface area contributed by atoms with E-state index in [1.54, 1.807) is 25.7 Å². The number of rotatable bonds is 7. The maximum Gasteiger partial charge on any atom is 0.310 e. The molecule has 0 aliphatic rings. The zero-order valence-electron chi connectivity index (χ0n) is 11.3. The van der Waals surface area contributed by atoms with Gasteiger partial charge >= 0.3 is 5.97 Å². The van der Waals surface area contributed by atoms with Gasteiger partial charge in [-0.05, 0) is 18.4 Å². The number of methoxy groups -OCH3 is 1. The van der Waals surface area contributed by atoms with Gasteiger partial charge in [0.15, 0.2) is 0 Å². The highest BCUT2D eigenvalue weighted by Crippen LogP contribution is 2.05. The van der Waals surface area contributed by atoms with Crippen LogP contribution in [0.3, 0.4) is 0 Å². The van der Waals surface area contributed by atoms with E-state index >= 15 is 0 Å². The van der Waals surface area contributed by atoms with Crippen LogP contribution in [0.4, 0.5) is 0 Å². The third-order valence-electron chi connectivity index (χ3n) is 2.48. The third kappa shape index (κ3) is 7.08. The third-order valence-corrected chi connectivity index (χ3v) is 3.12. The molecule has 0 fully saturated rings. The molecule has 0 aliphatic carbocycles. The second kappa shape index (κ2) is 10.5. The van der Waals surface area contributed by atoms with E-state index in [0.29, 0.717) is 13.0 Å². The first kappa shape index (κ1) is 19.9. The molecule has 0 saturated heterocycles. The van der Waals surface area contributed by atoms with Gasteiger partial charge in [0.25, 0.3) is 0 Å². The van der Waals surface area contributed by atoms with Crippen molar-refractivity contribution in [1.29, 1.82) is 0 Å². The average molecular weight is 299 g/mol. The van der Waals surface area contributed by atoms with Crippen molar-refractivity contribution in [3.8, 4) is 0 Å². The number of nitrogens with zero attached hydrogens (tertiary/aromatic N) is 1. The van der Waals surface area contributed by atoms with Crippen LogP contribution in [0.2, 0.25) is 0 Å². The molecule has 1 amide bonds. The number of amides is 1. The minimum atomic E-state index is -0.489. The van der Waals surface area contributed by atoms with Crippen LogP contribution in [-0.2, 0) is 14.3 Å². The van der Waals surface area contributed by atoms with Crippen LogP contribution < -0.4 is 5.73 Å². The normalized spacial score (nSPS) is 13.2. The smallest absolute Gasteiger partial charge is 0.310 e. The number of ether oxygens (including phenoxy) is 1. The number of esters is 1. The van der Waals surface area contributed by atoms with E-state index in [1.807, 2.05) is 6.26 Å². The number of nitrogens with two attached hydrogens (primary N) is 1. The van der Waals surface area contributed by atoms with Gasteiger partial charge in [-0.25, -0.2) is 0 Å². The molecule has 2 atom stereocenters. The first-order chi connectivity index (χ1) is 7.93. The molecule has 0 bridgehead atoms. The fourth-order valence-electron chi connectivity index (χ4n) is 1.43. The van der Waals surface area contributed by atoms with Crippen LogP contribution in [0.1, 0.15) is 13.3 Å². The lowest BCUT2D eigenvalue weighted by molar-refractivity contribution is -0.146. The standard InChI is InChI=1S/C11H22N2O3S.ClH/c1-8(11(15)16-3)7-13(2)10(14)9(12)5-6-17-4;/h8-9H,5-7,12H2,1-4H3;1H/t8?,9-;/m0./s1. The number of carbonyl (C=O) groups excluding carboxylic acids is 2. The molecule has 7 heteroatoms. The van der Waals surface area contributed by atoms with Crippen molar-refractivity contribution in [2.75, 3.05) is 32.7 Å². The highest BCUT2D eigenvalue weighted by molar-refractivity contribution is 7.98. The van der Waals surface area contributed by atoms with E-state index in [-0.39, 0.29) is 30.2 Å². The van der Waals surface area contributed by atoms with Gasteiger partial charge in [0.2, 0.25) is 5.91 Å². The molecule has 0 saturated carbocycles. The molecule has 0 aliphatic heterocycles. The topological polar surface area (TPSA) is 72.6 Å². The molecule has 0 heterocycles. The Morgan fingerprint density at radius 1 is 1.44 bits per heavy atom. The summed E-state index contributed by atoms with van der Waals surface area (Å²) in [5, 5.41) is 0. The second-order valence-electron chi connectivity index (χ2n) is 4.03. The Balaban J connectivity index is 0. The van der Waals surface area contributed by atoms with E-state index in [2.05, 4.69) is 4.74 Å². The van der Waals surface area contributed by atoms with Crippen molar-refractivity contribution in [2.45, 2.75) is 19.4 Å². The predicted octanol–water partition coefficient (Wildman–Crippen LogP) is 0.756. The lowest BCUT2D eigenvalue weighted by Crippen LogP contribution is -2.44. The van der Waals surface area contributed by atoms with Crippen molar-refractivity contribution in [1.82, 2.24) is 4.90 Å². The number of thioether (sulfide) groups is 1. The zero-order chi connectivity index (χ0) is 13.4. The van der Waals surface area contributed by atoms with Crippen LogP contribution >= 0.6 is 24.2 Å². The van der Waals surface area contributed by atoms with Crippen LogP contribution in [0.5, 0.6) is 0 Å². The lowest BCUT2D eigenvalue weighted by atomic mass is 10.1. The second-order valence-corrected chi connectivity index (χ2v) is 5.02. The van der Waals surface area contributed by atoms with Crippen molar-refractivity contribution in [2.24, 2.45) is 11.7 Å². The summed E-state index contributed by atoms with van der Waals surface area (Å²) >= 11 is 1.66. The molecule has 0 aromatic heterocycles. The summed E-state index contributed by atoms with van der Waals surface area (Å²) in [6, 6.07) is -0.489. The Morgan fingerprint density at radius 3 is 2.44 bits per heavy atom. The summed E-state index contributed by atoms with van der Waals surface area (Å²) in [5.41, 5.74) is 5.77. The summed E-state index contributed by atoms with van der Waals surface area (Å²) in [5.74, 6) is 0.0756. The molecule has 0 rings (SSSR count). The summed E-state index contributed by atoms with van der Waals surface area (Å²) in [7, 11) is 2.99. The predicted molar refractivity (Wildman–Crippen MR) is 77.0 cm³/mol. The van der Waals surface area contributed by atoms with Gasteiger partial charge in [-0.3, -0.25) is 9.59 Å². The Labute approximate surface area is 119 Å². The number of likely N-dealkylation sites (N-methyl/N-ethyl adjacent to an activating group) is 1. The number of hydrogen-bond donors (Lipinski definition) is 1. The molecular weight excluding hydrogens is 276 g/mol. The lowest BCUT2D eigenvalue weighted by Gasteiger charge is -2.23. The van der Waals surface area contributed by atoms with Crippen LogP contribution in [-0.4, -0.2) is 55.5 Å². The van der Waals surface area contributed by atoms with Crippen molar-refractivity contribution in [3.63, 3.8) is 0 Å². The maximum atomic E-state index is 11.8. The van der Waals surface area contributed by atoms with E-state index in [4.69, 9.17) is 5.73 Å². The molecule has 1 unspecified atom stereocenters. The minimum absolute atomic E-state index is 0. The van der Waals surface area contributed by atoms with E-state index in [0.717, 1.165) is 5.75 Å². The van der Waals surface area contributed by atoms with Crippen LogP contribution in [0.15, 0.2) is 0 Å². The summed E-state index contributed by atoms with van der Waals surface area (Å²) in [6.45, 7) is 2.06. The van der Waals surface area contributed by atoms with Gasteiger partial charge in [0.1, 0.15) is 0 Å². The molecule has 0 spiro atoms. The molecule has 0 radical (unpaired) electrons. The van der Waals surface area contributed by atoms with E-state index in [9.17, 15) is 9.59 Å². The van der Waals surface area contributed by atoms with E-state index in [1.165, 1.54) is 12.0 Å². The summed E-state index contributed by atoms with van der Waals surface area (Å²) in [6.07, 6.45) is 2.62. The quantitative estimate of drug-likeness (QED) is 0.703. The van der Waals surface area contributed by atoms with E-state index < -0.39 is 6.04 Å². The Hall–Kier alpha value is -0.460. The molecular formula is C11H23ClN2O3S. The number of halogens is 1. The summed E-state index contributed by atoms with van der Waals surface area (Å²) < 4.78 is 4.61. The summed E-state index contributed by atoms with van der Waals surface area (Å²) in [4.78, 5) is 24.5. The molecule has 0 aromatic rings. The van der Waals surface area contributed by atoms with Gasteiger partial charge in [0, 0.05) is 13.6 Å². The molecule has 0 aromatic carbocycles. The molecule has 5 nitrogen and oxygen atoms in total. The highest BCUT2D eigenvalue weighted by Gasteiger charge is 2.22. The van der Waals surface area contributed by atoms with Gasteiger partial charge in [-0.2, -0.15) is 11.8 Å². The molecule has 18 heavy (non-hydrogen) atoms. The highest BCUT2D eigenvalue weighted by atomic mass is 35.5. The van der Waals surface area contributed by atoms with Crippen molar-refractivity contribution >= 4 is 36.0 Å². The molecule has 108 valence electrons.